The van der Waals surface area contributed by atoms with Gasteiger partial charge >= 0.3 is 0 Å². The Labute approximate surface area is 179 Å². The summed E-state index contributed by atoms with van der Waals surface area (Å²) in [4.78, 5) is 13.2. The highest BCUT2D eigenvalue weighted by molar-refractivity contribution is 6.01. The van der Waals surface area contributed by atoms with Crippen LogP contribution >= 0.6 is 0 Å². The van der Waals surface area contributed by atoms with E-state index in [0.717, 1.165) is 36.2 Å². The number of nitrogens with one attached hydrogen (secondary N) is 2. The first kappa shape index (κ1) is 20.2. The summed E-state index contributed by atoms with van der Waals surface area (Å²) >= 11 is 0. The molecule has 154 valence electrons. The summed E-state index contributed by atoms with van der Waals surface area (Å²) in [6, 6.07) is 24.9. The normalized spacial score (nSPS) is 15.4. The van der Waals surface area contributed by atoms with Crippen LogP contribution in [-0.2, 0) is 13.0 Å². The van der Waals surface area contributed by atoms with Crippen molar-refractivity contribution in [3.05, 3.63) is 101 Å². The van der Waals surface area contributed by atoms with E-state index in [0.29, 0.717) is 18.4 Å². The zero-order valence-corrected chi connectivity index (χ0v) is 17.8. The molecule has 0 saturated heterocycles. The molecule has 1 heterocycles. The molecule has 1 unspecified atom stereocenters. The number of rotatable bonds is 6. The van der Waals surface area contributed by atoms with Crippen molar-refractivity contribution >= 4 is 11.6 Å². The summed E-state index contributed by atoms with van der Waals surface area (Å²) in [5.74, 6) is 0.998. The molecule has 4 rings (SSSR count). The third-order valence-electron chi connectivity index (χ3n) is 5.98. The van der Waals surface area contributed by atoms with E-state index in [4.69, 9.17) is 0 Å². The number of fused-ring (bicyclic) bond motifs is 1. The Balaban J connectivity index is 1.67. The van der Waals surface area contributed by atoms with Crippen molar-refractivity contribution in [2.24, 2.45) is 5.92 Å². The zero-order chi connectivity index (χ0) is 20.9. The van der Waals surface area contributed by atoms with Crippen molar-refractivity contribution in [2.75, 3.05) is 11.9 Å². The van der Waals surface area contributed by atoms with Gasteiger partial charge in [-0.1, -0.05) is 80.6 Å². The molecule has 3 aromatic rings. The van der Waals surface area contributed by atoms with Crippen molar-refractivity contribution in [1.29, 1.82) is 0 Å². The van der Waals surface area contributed by atoms with E-state index in [1.165, 1.54) is 16.7 Å². The van der Waals surface area contributed by atoms with E-state index in [-0.39, 0.29) is 5.91 Å². The molecular weight excluding hydrogens is 368 g/mol. The average molecular weight is 399 g/mol. The second-order valence-electron chi connectivity index (χ2n) is 8.50. The molecule has 30 heavy (non-hydrogen) atoms. The Morgan fingerprint density at radius 1 is 0.967 bits per heavy atom. The summed E-state index contributed by atoms with van der Waals surface area (Å²) in [6.45, 7) is 6.00. The van der Waals surface area contributed by atoms with Crippen LogP contribution in [-0.4, -0.2) is 12.5 Å². The molecule has 0 bridgehead atoms. The van der Waals surface area contributed by atoms with Crippen LogP contribution in [0.15, 0.2) is 72.8 Å². The summed E-state index contributed by atoms with van der Waals surface area (Å²) in [5.41, 5.74) is 6.63. The predicted molar refractivity (Wildman–Crippen MR) is 124 cm³/mol. The minimum Gasteiger partial charge on any atom is -0.384 e. The van der Waals surface area contributed by atoms with Gasteiger partial charge in [-0.2, -0.15) is 0 Å². The number of hydrogen-bond acceptors (Lipinski definition) is 2. The number of hydrogen-bond donors (Lipinski definition) is 2. The Bertz CT molecular complexity index is 996. The lowest BCUT2D eigenvalue weighted by Crippen LogP contribution is -2.28. The third-order valence-corrected chi connectivity index (χ3v) is 5.98. The highest BCUT2D eigenvalue weighted by Gasteiger charge is 2.27. The monoisotopic (exact) mass is 398 g/mol. The van der Waals surface area contributed by atoms with E-state index >= 15 is 0 Å². The van der Waals surface area contributed by atoms with Crippen molar-refractivity contribution in [3.63, 3.8) is 0 Å². The van der Waals surface area contributed by atoms with Crippen LogP contribution in [0.5, 0.6) is 0 Å². The average Bonchev–Trinajstić information content (AvgIpc) is 2.78. The van der Waals surface area contributed by atoms with Gasteiger partial charge in [-0.15, -0.1) is 0 Å². The lowest BCUT2D eigenvalue weighted by molar-refractivity contribution is 0.0951. The Hall–Kier alpha value is -3.07. The second-order valence-corrected chi connectivity index (χ2v) is 8.50. The predicted octanol–water partition coefficient (Wildman–Crippen LogP) is 5.76. The van der Waals surface area contributed by atoms with E-state index < -0.39 is 0 Å². The van der Waals surface area contributed by atoms with Crippen LogP contribution < -0.4 is 10.6 Å². The second kappa shape index (κ2) is 9.17. The first-order chi connectivity index (χ1) is 14.6. The van der Waals surface area contributed by atoms with Gasteiger partial charge in [-0.05, 0) is 53.0 Å². The summed E-state index contributed by atoms with van der Waals surface area (Å²) in [7, 11) is 0. The molecule has 2 N–H and O–H groups in total. The fourth-order valence-corrected chi connectivity index (χ4v) is 4.40. The van der Waals surface area contributed by atoms with Crippen molar-refractivity contribution in [3.8, 4) is 0 Å². The Morgan fingerprint density at radius 2 is 1.63 bits per heavy atom. The maximum atomic E-state index is 13.2. The van der Waals surface area contributed by atoms with E-state index in [2.05, 4.69) is 60.9 Å². The molecule has 3 aromatic carbocycles. The Kier molecular flexibility index (Phi) is 6.18. The quantitative estimate of drug-likeness (QED) is 0.554. The van der Waals surface area contributed by atoms with Crippen LogP contribution in [0.4, 0.5) is 5.69 Å². The van der Waals surface area contributed by atoms with Gasteiger partial charge in [-0.3, -0.25) is 4.79 Å². The van der Waals surface area contributed by atoms with Crippen LogP contribution in [0.1, 0.15) is 58.8 Å². The number of amides is 1. The van der Waals surface area contributed by atoms with Gasteiger partial charge in [0.25, 0.3) is 5.91 Å². The van der Waals surface area contributed by atoms with E-state index in [9.17, 15) is 4.79 Å². The SMILES string of the molecule is CC(C)C1CCNc2c(C(=O)NCc3ccccc3)cc(Cc3ccccc3)cc21. The molecule has 1 amide bonds. The van der Waals surface area contributed by atoms with Crippen LogP contribution in [0.25, 0.3) is 0 Å². The summed E-state index contributed by atoms with van der Waals surface area (Å²) in [5, 5.41) is 6.65. The van der Waals surface area contributed by atoms with Crippen molar-refractivity contribution in [1.82, 2.24) is 5.32 Å². The lowest BCUT2D eigenvalue weighted by Gasteiger charge is -2.31. The van der Waals surface area contributed by atoms with Gasteiger partial charge < -0.3 is 10.6 Å². The highest BCUT2D eigenvalue weighted by Crippen LogP contribution is 2.39. The molecule has 3 nitrogen and oxygen atoms in total. The largest absolute Gasteiger partial charge is 0.384 e. The topological polar surface area (TPSA) is 41.1 Å². The standard InChI is InChI=1S/C27H30N2O/c1-19(2)23-13-14-28-26-24(23)16-22(15-20-9-5-3-6-10-20)17-25(26)27(30)29-18-21-11-7-4-8-12-21/h3-12,16-17,19,23,28H,13-15,18H2,1-2H3,(H,29,30). The minimum absolute atomic E-state index is 0.0121. The molecule has 0 fully saturated rings. The number of carbonyl (C=O) groups excluding carboxylic acids is 1. The maximum Gasteiger partial charge on any atom is 0.253 e. The molecule has 0 saturated carbocycles. The lowest BCUT2D eigenvalue weighted by atomic mass is 9.80. The molecule has 1 aliphatic rings. The van der Waals surface area contributed by atoms with Crippen LogP contribution in [0.2, 0.25) is 0 Å². The molecule has 1 aliphatic heterocycles. The van der Waals surface area contributed by atoms with E-state index in [1.807, 2.05) is 36.4 Å². The van der Waals surface area contributed by atoms with Gasteiger partial charge in [0, 0.05) is 13.1 Å². The first-order valence-electron chi connectivity index (χ1n) is 10.9. The van der Waals surface area contributed by atoms with Gasteiger partial charge in [0.15, 0.2) is 0 Å². The van der Waals surface area contributed by atoms with Crippen LogP contribution in [0.3, 0.4) is 0 Å². The molecule has 0 radical (unpaired) electrons. The maximum absolute atomic E-state index is 13.2. The van der Waals surface area contributed by atoms with Crippen molar-refractivity contribution in [2.45, 2.75) is 39.2 Å². The molecule has 3 heteroatoms. The fraction of sp³-hybridized carbons (Fsp3) is 0.296. The van der Waals surface area contributed by atoms with Gasteiger partial charge in [0.1, 0.15) is 0 Å². The Morgan fingerprint density at radius 3 is 2.30 bits per heavy atom. The van der Waals surface area contributed by atoms with Gasteiger partial charge in [0.2, 0.25) is 0 Å². The fourth-order valence-electron chi connectivity index (χ4n) is 4.40. The molecule has 0 aromatic heterocycles. The smallest absolute Gasteiger partial charge is 0.253 e. The number of carbonyl (C=O) groups is 1. The first-order valence-corrected chi connectivity index (χ1v) is 10.9. The molecule has 0 spiro atoms. The summed E-state index contributed by atoms with van der Waals surface area (Å²) in [6.07, 6.45) is 1.93. The van der Waals surface area contributed by atoms with Crippen LogP contribution in [0, 0.1) is 5.92 Å². The molecule has 1 atom stereocenters. The highest BCUT2D eigenvalue weighted by atomic mass is 16.1. The van der Waals surface area contributed by atoms with Crippen molar-refractivity contribution < 1.29 is 4.79 Å². The number of anilines is 1. The van der Waals surface area contributed by atoms with E-state index in [1.54, 1.807) is 0 Å². The van der Waals surface area contributed by atoms with Gasteiger partial charge in [-0.25, -0.2) is 0 Å². The third kappa shape index (κ3) is 4.56. The number of benzene rings is 3. The molecule has 0 aliphatic carbocycles. The zero-order valence-electron chi connectivity index (χ0n) is 17.8. The molecular formula is C27H30N2O. The minimum atomic E-state index is -0.0121. The van der Waals surface area contributed by atoms with Gasteiger partial charge in [0.05, 0.1) is 11.3 Å². The summed E-state index contributed by atoms with van der Waals surface area (Å²) < 4.78 is 0.